The number of aryl methyl sites for hydroxylation is 2. The maximum Gasteiger partial charge on any atom is 0.324 e. The van der Waals surface area contributed by atoms with E-state index < -0.39 is 23.0 Å². The first-order valence-electron chi connectivity index (χ1n) is 8.65. The Kier molecular flexibility index (Phi) is 4.07. The van der Waals surface area contributed by atoms with E-state index in [9.17, 15) is 4.39 Å². The van der Waals surface area contributed by atoms with Gasteiger partial charge in [0.25, 0.3) is 0 Å². The van der Waals surface area contributed by atoms with Crippen molar-refractivity contribution in [2.75, 3.05) is 6.61 Å². The fourth-order valence-corrected chi connectivity index (χ4v) is 3.23. The van der Waals surface area contributed by atoms with Gasteiger partial charge in [-0.3, -0.25) is 4.98 Å². The summed E-state index contributed by atoms with van der Waals surface area (Å²) in [7, 11) is 0. The van der Waals surface area contributed by atoms with E-state index in [1.54, 1.807) is 19.1 Å². The molecule has 0 radical (unpaired) electrons. The van der Waals surface area contributed by atoms with E-state index in [0.717, 1.165) is 16.7 Å². The van der Waals surface area contributed by atoms with E-state index in [2.05, 4.69) is 4.98 Å². The maximum absolute atomic E-state index is 15.2. The number of pyridine rings is 1. The third-order valence-corrected chi connectivity index (χ3v) is 4.97. The Balaban J connectivity index is 1.68. The molecule has 2 nitrogen and oxygen atoms in total. The number of halogens is 3. The van der Waals surface area contributed by atoms with E-state index in [4.69, 9.17) is 4.74 Å². The van der Waals surface area contributed by atoms with Crippen LogP contribution in [0.25, 0.3) is 11.1 Å². The number of hydrogen-bond acceptors (Lipinski definition) is 2. The molecule has 0 spiro atoms. The summed E-state index contributed by atoms with van der Waals surface area (Å²) in [4.78, 5) is 3.98. The molecule has 1 aliphatic heterocycles. The lowest BCUT2D eigenvalue weighted by molar-refractivity contribution is -0.0901. The van der Waals surface area contributed by atoms with Crippen molar-refractivity contribution in [2.45, 2.75) is 25.4 Å². The molecule has 0 saturated carbocycles. The lowest BCUT2D eigenvalue weighted by atomic mass is 9.89. The number of hydrogen-bond donors (Lipinski definition) is 0. The fourth-order valence-electron chi connectivity index (χ4n) is 3.23. The number of epoxide rings is 1. The molecule has 1 fully saturated rings. The van der Waals surface area contributed by atoms with Gasteiger partial charge in [0.2, 0.25) is 0 Å². The Morgan fingerprint density at radius 1 is 0.926 bits per heavy atom. The third-order valence-electron chi connectivity index (χ3n) is 4.97. The smallest absolute Gasteiger partial charge is 0.324 e. The van der Waals surface area contributed by atoms with Crippen molar-refractivity contribution in [3.05, 3.63) is 89.0 Å². The van der Waals surface area contributed by atoms with Gasteiger partial charge in [0.1, 0.15) is 11.5 Å². The van der Waals surface area contributed by atoms with Crippen LogP contribution in [0.1, 0.15) is 22.4 Å². The van der Waals surface area contributed by atoms with Gasteiger partial charge < -0.3 is 4.74 Å². The summed E-state index contributed by atoms with van der Waals surface area (Å²) >= 11 is 0. The number of aromatic nitrogens is 1. The van der Waals surface area contributed by atoms with Crippen LogP contribution in [0.3, 0.4) is 0 Å². The van der Waals surface area contributed by atoms with Gasteiger partial charge >= 0.3 is 5.92 Å². The highest BCUT2D eigenvalue weighted by Crippen LogP contribution is 2.56. The van der Waals surface area contributed by atoms with E-state index in [-0.39, 0.29) is 12.2 Å². The molecule has 0 N–H and O–H groups in total. The molecule has 2 aromatic carbocycles. The van der Waals surface area contributed by atoms with Crippen molar-refractivity contribution in [3.63, 3.8) is 0 Å². The summed E-state index contributed by atoms with van der Waals surface area (Å²) in [6.45, 7) is 3.43. The Morgan fingerprint density at radius 2 is 1.56 bits per heavy atom. The molecular weight excluding hydrogens is 351 g/mol. The van der Waals surface area contributed by atoms with Gasteiger partial charge in [0, 0.05) is 17.3 Å². The molecule has 1 saturated heterocycles. The predicted octanol–water partition coefficient (Wildman–Crippen LogP) is 5.52. The van der Waals surface area contributed by atoms with E-state index in [1.165, 1.54) is 24.4 Å². The van der Waals surface area contributed by atoms with Crippen LogP contribution in [0, 0.1) is 19.7 Å². The highest BCUT2D eigenvalue weighted by atomic mass is 19.3. The highest BCUT2D eigenvalue weighted by Gasteiger charge is 2.68. The predicted molar refractivity (Wildman–Crippen MR) is 97.1 cm³/mol. The van der Waals surface area contributed by atoms with Gasteiger partial charge in [-0.05, 0) is 37.1 Å². The van der Waals surface area contributed by atoms with Crippen LogP contribution in [-0.4, -0.2) is 11.6 Å². The lowest BCUT2D eigenvalue weighted by Crippen LogP contribution is -2.34. The van der Waals surface area contributed by atoms with Crippen LogP contribution in [0.4, 0.5) is 13.2 Å². The molecule has 2 heterocycles. The molecule has 4 rings (SSSR count). The standard InChI is InChI=1S/C22H18F3NO/c1-14-3-6-16(7-4-14)17-8-10-20(26-12-17)22(24,25)21(13-27-21)18-9-5-15(2)11-19(18)23/h3-12H,13H2,1-2H3. The monoisotopic (exact) mass is 369 g/mol. The van der Waals surface area contributed by atoms with Gasteiger partial charge in [-0.25, -0.2) is 4.39 Å². The number of rotatable bonds is 4. The van der Waals surface area contributed by atoms with Gasteiger partial charge in [-0.15, -0.1) is 0 Å². The molecule has 0 aliphatic carbocycles. The second-order valence-corrected chi connectivity index (χ2v) is 6.97. The van der Waals surface area contributed by atoms with Crippen LogP contribution in [0.5, 0.6) is 0 Å². The topological polar surface area (TPSA) is 25.4 Å². The van der Waals surface area contributed by atoms with Gasteiger partial charge in [0.05, 0.1) is 6.61 Å². The Labute approximate surface area is 155 Å². The Hall–Kier alpha value is -2.66. The highest BCUT2D eigenvalue weighted by molar-refractivity contribution is 5.62. The van der Waals surface area contributed by atoms with Crippen LogP contribution in [-0.2, 0) is 16.3 Å². The first kappa shape index (κ1) is 17.7. The lowest BCUT2D eigenvalue weighted by Gasteiger charge is -2.24. The van der Waals surface area contributed by atoms with Crippen LogP contribution < -0.4 is 0 Å². The molecule has 0 amide bonds. The van der Waals surface area contributed by atoms with Gasteiger partial charge in [-0.2, -0.15) is 8.78 Å². The van der Waals surface area contributed by atoms with E-state index >= 15 is 8.78 Å². The van der Waals surface area contributed by atoms with Crippen molar-refractivity contribution >= 4 is 0 Å². The normalized spacial score (nSPS) is 19.1. The molecular formula is C22H18F3NO. The van der Waals surface area contributed by atoms with Gasteiger partial charge in [0.15, 0.2) is 5.60 Å². The fraction of sp³-hybridized carbons (Fsp3) is 0.227. The minimum atomic E-state index is -3.45. The molecule has 138 valence electrons. The zero-order valence-corrected chi connectivity index (χ0v) is 15.0. The molecule has 5 heteroatoms. The molecule has 0 bridgehead atoms. The number of nitrogens with zero attached hydrogens (tertiary/aromatic N) is 1. The zero-order chi connectivity index (χ0) is 19.2. The third kappa shape index (κ3) is 2.92. The summed E-state index contributed by atoms with van der Waals surface area (Å²) in [6, 6.07) is 14.8. The van der Waals surface area contributed by atoms with Crippen LogP contribution in [0.2, 0.25) is 0 Å². The molecule has 27 heavy (non-hydrogen) atoms. The van der Waals surface area contributed by atoms with E-state index in [0.29, 0.717) is 5.56 Å². The number of benzene rings is 2. The maximum atomic E-state index is 15.2. The first-order chi connectivity index (χ1) is 12.8. The second kappa shape index (κ2) is 6.20. The molecule has 1 aromatic heterocycles. The van der Waals surface area contributed by atoms with Crippen molar-refractivity contribution in [3.8, 4) is 11.1 Å². The number of ether oxygens (including phenoxy) is 1. The van der Waals surface area contributed by atoms with Crippen molar-refractivity contribution in [1.29, 1.82) is 0 Å². The van der Waals surface area contributed by atoms with E-state index in [1.807, 2.05) is 31.2 Å². The largest absolute Gasteiger partial charge is 0.357 e. The van der Waals surface area contributed by atoms with Crippen molar-refractivity contribution in [1.82, 2.24) is 4.98 Å². The van der Waals surface area contributed by atoms with Crippen LogP contribution in [0.15, 0.2) is 60.8 Å². The van der Waals surface area contributed by atoms with Gasteiger partial charge in [-0.1, -0.05) is 48.0 Å². The molecule has 1 atom stereocenters. The Morgan fingerprint density at radius 3 is 2.11 bits per heavy atom. The minimum Gasteiger partial charge on any atom is -0.357 e. The summed E-state index contributed by atoms with van der Waals surface area (Å²) in [5.41, 5.74) is 0.840. The quantitative estimate of drug-likeness (QED) is 0.566. The second-order valence-electron chi connectivity index (χ2n) is 6.97. The average Bonchev–Trinajstić information content (AvgIpc) is 3.45. The number of alkyl halides is 2. The Bertz CT molecular complexity index is 977. The molecule has 1 aliphatic rings. The zero-order valence-electron chi connectivity index (χ0n) is 15.0. The van der Waals surface area contributed by atoms with Crippen molar-refractivity contribution in [2.24, 2.45) is 0 Å². The summed E-state index contributed by atoms with van der Waals surface area (Å²) in [5.74, 6) is -4.14. The minimum absolute atomic E-state index is 0.137. The SMILES string of the molecule is Cc1ccc(-c2ccc(C(F)(F)C3(c4ccc(C)cc4F)CO3)nc2)cc1. The first-order valence-corrected chi connectivity index (χ1v) is 8.65. The van der Waals surface area contributed by atoms with Crippen molar-refractivity contribution < 1.29 is 17.9 Å². The molecule has 1 unspecified atom stereocenters. The summed E-state index contributed by atoms with van der Waals surface area (Å²) < 4.78 is 49.8. The summed E-state index contributed by atoms with van der Waals surface area (Å²) in [5, 5.41) is 0. The molecule has 3 aromatic rings. The summed E-state index contributed by atoms with van der Waals surface area (Å²) in [6.07, 6.45) is 1.41. The average molecular weight is 369 g/mol. The van der Waals surface area contributed by atoms with Crippen LogP contribution >= 0.6 is 0 Å².